The van der Waals surface area contributed by atoms with Crippen LogP contribution in [-0.2, 0) is 4.79 Å². The second-order valence-corrected chi connectivity index (χ2v) is 5.46. The van der Waals surface area contributed by atoms with E-state index < -0.39 is 6.04 Å². The smallest absolute Gasteiger partial charge is 0.239 e. The SMILES string of the molecule is CC(C)[C@H](N)C(=O)N1CCC(Oc2cnccn2)CC1.Cl.Cl. The minimum absolute atomic E-state index is 0. The third kappa shape index (κ3) is 5.59. The fourth-order valence-corrected chi connectivity index (χ4v) is 2.21. The van der Waals surface area contributed by atoms with E-state index in [1.807, 2.05) is 18.7 Å². The standard InChI is InChI=1S/C14H22N4O2.2ClH/c1-10(2)13(15)14(19)18-7-3-11(4-8-18)20-12-9-16-5-6-17-12;;/h5-6,9-11,13H,3-4,7-8,15H2,1-2H3;2*1H/t13-;;/m0../s1. The third-order valence-electron chi connectivity index (χ3n) is 3.58. The lowest BCUT2D eigenvalue weighted by Gasteiger charge is -2.34. The Labute approximate surface area is 143 Å². The van der Waals surface area contributed by atoms with Crippen LogP contribution in [0.15, 0.2) is 18.6 Å². The monoisotopic (exact) mass is 350 g/mol. The first-order valence-electron chi connectivity index (χ1n) is 7.05. The molecule has 0 unspecified atom stereocenters. The molecule has 0 radical (unpaired) electrons. The number of hydrogen-bond donors (Lipinski definition) is 1. The molecule has 0 aliphatic carbocycles. The van der Waals surface area contributed by atoms with Crippen LogP contribution in [0.25, 0.3) is 0 Å². The number of ether oxygens (including phenoxy) is 1. The molecule has 1 aliphatic heterocycles. The van der Waals surface area contributed by atoms with Crippen molar-refractivity contribution in [3.8, 4) is 5.88 Å². The number of nitrogens with zero attached hydrogens (tertiary/aromatic N) is 3. The number of piperidine rings is 1. The Morgan fingerprint density at radius 1 is 1.32 bits per heavy atom. The summed E-state index contributed by atoms with van der Waals surface area (Å²) >= 11 is 0. The first-order valence-corrected chi connectivity index (χ1v) is 7.05. The lowest BCUT2D eigenvalue weighted by molar-refractivity contribution is -0.135. The average molecular weight is 351 g/mol. The van der Waals surface area contributed by atoms with Crippen LogP contribution in [-0.4, -0.2) is 46.0 Å². The number of nitrogens with two attached hydrogens (primary N) is 1. The highest BCUT2D eigenvalue weighted by atomic mass is 35.5. The first kappa shape index (κ1) is 20.9. The van der Waals surface area contributed by atoms with E-state index in [2.05, 4.69) is 9.97 Å². The predicted octanol–water partition coefficient (Wildman–Crippen LogP) is 1.67. The van der Waals surface area contributed by atoms with Crippen LogP contribution in [0.2, 0.25) is 0 Å². The van der Waals surface area contributed by atoms with E-state index in [0.29, 0.717) is 19.0 Å². The highest BCUT2D eigenvalue weighted by molar-refractivity contribution is 5.85. The topological polar surface area (TPSA) is 81.3 Å². The number of carbonyl (C=O) groups is 1. The lowest BCUT2D eigenvalue weighted by Crippen LogP contribution is -2.50. The van der Waals surface area contributed by atoms with Gasteiger partial charge in [-0.05, 0) is 5.92 Å². The van der Waals surface area contributed by atoms with E-state index in [0.717, 1.165) is 12.8 Å². The van der Waals surface area contributed by atoms with Gasteiger partial charge in [0.15, 0.2) is 0 Å². The van der Waals surface area contributed by atoms with Crippen LogP contribution < -0.4 is 10.5 Å². The van der Waals surface area contributed by atoms with Gasteiger partial charge in [-0.1, -0.05) is 13.8 Å². The molecule has 6 nitrogen and oxygen atoms in total. The predicted molar refractivity (Wildman–Crippen MR) is 89.6 cm³/mol. The van der Waals surface area contributed by atoms with Crippen LogP contribution >= 0.6 is 24.8 Å². The highest BCUT2D eigenvalue weighted by Gasteiger charge is 2.28. The molecular formula is C14H24Cl2N4O2. The van der Waals surface area contributed by atoms with Gasteiger partial charge in [-0.3, -0.25) is 9.78 Å². The van der Waals surface area contributed by atoms with Gasteiger partial charge in [0.25, 0.3) is 0 Å². The third-order valence-corrected chi connectivity index (χ3v) is 3.58. The summed E-state index contributed by atoms with van der Waals surface area (Å²) in [5, 5.41) is 0. The quantitative estimate of drug-likeness (QED) is 0.893. The van der Waals surface area contributed by atoms with Crippen molar-refractivity contribution in [3.63, 3.8) is 0 Å². The van der Waals surface area contributed by atoms with E-state index in [9.17, 15) is 4.79 Å². The van der Waals surface area contributed by atoms with Crippen molar-refractivity contribution >= 4 is 30.7 Å². The summed E-state index contributed by atoms with van der Waals surface area (Å²) in [6.45, 7) is 5.30. The van der Waals surface area contributed by atoms with E-state index in [1.165, 1.54) is 0 Å². The van der Waals surface area contributed by atoms with Crippen LogP contribution in [0, 0.1) is 5.92 Å². The molecule has 0 aromatic carbocycles. The molecule has 2 rings (SSSR count). The second-order valence-electron chi connectivity index (χ2n) is 5.46. The number of likely N-dealkylation sites (tertiary alicyclic amines) is 1. The van der Waals surface area contributed by atoms with Crippen molar-refractivity contribution in [3.05, 3.63) is 18.6 Å². The van der Waals surface area contributed by atoms with Crippen LogP contribution in [0.5, 0.6) is 5.88 Å². The van der Waals surface area contributed by atoms with Gasteiger partial charge >= 0.3 is 0 Å². The van der Waals surface area contributed by atoms with Crippen LogP contribution in [0.3, 0.4) is 0 Å². The van der Waals surface area contributed by atoms with Crippen LogP contribution in [0.1, 0.15) is 26.7 Å². The van der Waals surface area contributed by atoms with E-state index >= 15 is 0 Å². The Morgan fingerprint density at radius 2 is 1.95 bits per heavy atom. The normalized spacial score (nSPS) is 16.5. The number of aromatic nitrogens is 2. The zero-order valence-electron chi connectivity index (χ0n) is 12.8. The van der Waals surface area contributed by atoms with E-state index in [1.54, 1.807) is 18.6 Å². The molecule has 8 heteroatoms. The number of hydrogen-bond acceptors (Lipinski definition) is 5. The molecule has 1 aromatic heterocycles. The van der Waals surface area contributed by atoms with Gasteiger partial charge in [-0.15, -0.1) is 24.8 Å². The van der Waals surface area contributed by atoms with Crippen molar-refractivity contribution in [2.75, 3.05) is 13.1 Å². The molecular weight excluding hydrogens is 327 g/mol. The molecule has 1 aliphatic rings. The maximum atomic E-state index is 12.1. The molecule has 1 aromatic rings. The number of halogens is 2. The van der Waals surface area contributed by atoms with Gasteiger partial charge < -0.3 is 15.4 Å². The number of rotatable bonds is 4. The Balaban J connectivity index is 0.00000220. The van der Waals surface area contributed by atoms with Crippen molar-refractivity contribution in [2.24, 2.45) is 11.7 Å². The molecule has 1 atom stereocenters. The van der Waals surface area contributed by atoms with Gasteiger partial charge in [-0.25, -0.2) is 4.98 Å². The molecule has 2 N–H and O–H groups in total. The molecule has 22 heavy (non-hydrogen) atoms. The molecule has 1 amide bonds. The summed E-state index contributed by atoms with van der Waals surface area (Å²) in [7, 11) is 0. The Hall–Kier alpha value is -1.11. The van der Waals surface area contributed by atoms with E-state index in [-0.39, 0.29) is 42.7 Å². The fourth-order valence-electron chi connectivity index (χ4n) is 2.21. The van der Waals surface area contributed by atoms with Crippen molar-refractivity contribution in [1.82, 2.24) is 14.9 Å². The zero-order chi connectivity index (χ0) is 14.5. The summed E-state index contributed by atoms with van der Waals surface area (Å²) in [5.74, 6) is 0.741. The molecule has 0 bridgehead atoms. The average Bonchev–Trinajstić information content (AvgIpc) is 2.47. The number of carbonyl (C=O) groups excluding carboxylic acids is 1. The maximum absolute atomic E-state index is 12.1. The van der Waals surface area contributed by atoms with Crippen LogP contribution in [0.4, 0.5) is 0 Å². The fraction of sp³-hybridized carbons (Fsp3) is 0.643. The van der Waals surface area contributed by atoms with Gasteiger partial charge in [-0.2, -0.15) is 0 Å². The summed E-state index contributed by atoms with van der Waals surface area (Å²) in [6, 6.07) is -0.410. The molecule has 0 saturated carbocycles. The summed E-state index contributed by atoms with van der Waals surface area (Å²) in [6.07, 6.45) is 6.51. The van der Waals surface area contributed by atoms with Gasteiger partial charge in [0.2, 0.25) is 11.8 Å². The molecule has 126 valence electrons. The summed E-state index contributed by atoms with van der Waals surface area (Å²) < 4.78 is 5.75. The van der Waals surface area contributed by atoms with Gasteiger partial charge in [0.1, 0.15) is 6.10 Å². The summed E-state index contributed by atoms with van der Waals surface area (Å²) in [5.41, 5.74) is 5.91. The summed E-state index contributed by atoms with van der Waals surface area (Å²) in [4.78, 5) is 22.0. The van der Waals surface area contributed by atoms with Gasteiger partial charge in [0, 0.05) is 38.3 Å². The Kier molecular flexibility index (Phi) is 9.32. The first-order chi connectivity index (χ1) is 9.58. The van der Waals surface area contributed by atoms with Gasteiger partial charge in [0.05, 0.1) is 12.2 Å². The Morgan fingerprint density at radius 3 is 2.45 bits per heavy atom. The van der Waals surface area contributed by atoms with E-state index in [4.69, 9.17) is 10.5 Å². The number of amides is 1. The molecule has 0 spiro atoms. The van der Waals surface area contributed by atoms with Crippen molar-refractivity contribution < 1.29 is 9.53 Å². The molecule has 1 saturated heterocycles. The second kappa shape index (κ2) is 9.82. The van der Waals surface area contributed by atoms with Crippen molar-refractivity contribution in [1.29, 1.82) is 0 Å². The molecule has 1 fully saturated rings. The highest BCUT2D eigenvalue weighted by Crippen LogP contribution is 2.17. The minimum atomic E-state index is -0.410. The zero-order valence-corrected chi connectivity index (χ0v) is 14.5. The Bertz CT molecular complexity index is 440. The largest absolute Gasteiger partial charge is 0.473 e. The van der Waals surface area contributed by atoms with Crippen molar-refractivity contribution in [2.45, 2.75) is 38.8 Å². The lowest BCUT2D eigenvalue weighted by atomic mass is 10.0. The molecule has 2 heterocycles. The minimum Gasteiger partial charge on any atom is -0.473 e. The maximum Gasteiger partial charge on any atom is 0.239 e.